The molecule has 9 nitrogen and oxygen atoms in total. The van der Waals surface area contributed by atoms with Crippen LogP contribution < -0.4 is 5.32 Å². The SMILES string of the molecule is CN[C@@H](C)Cc1ccccc1.O.O.O.O.O.O.O.O. The third-order valence-electron chi connectivity index (χ3n) is 1.88. The van der Waals surface area contributed by atoms with E-state index in [1.165, 1.54) is 5.56 Å². The van der Waals surface area contributed by atoms with Gasteiger partial charge in [0.2, 0.25) is 0 Å². The first kappa shape index (κ1) is 52.2. The van der Waals surface area contributed by atoms with Gasteiger partial charge in [-0.25, -0.2) is 0 Å². The minimum Gasteiger partial charge on any atom is -0.412 e. The molecule has 1 aromatic rings. The molecule has 0 unspecified atom stereocenters. The molecule has 0 spiro atoms. The summed E-state index contributed by atoms with van der Waals surface area (Å²) in [6, 6.07) is 11.1. The molecule has 0 aliphatic heterocycles. The van der Waals surface area contributed by atoms with Gasteiger partial charge in [-0.15, -0.1) is 0 Å². The molecular formula is C10H31NO8. The molecule has 1 aromatic carbocycles. The third-order valence-corrected chi connectivity index (χ3v) is 1.88. The van der Waals surface area contributed by atoms with Gasteiger partial charge in [0.05, 0.1) is 0 Å². The topological polar surface area (TPSA) is 264 Å². The van der Waals surface area contributed by atoms with E-state index in [1.54, 1.807) is 0 Å². The average Bonchev–Trinajstić information content (AvgIpc) is 2.06. The molecule has 9 heteroatoms. The summed E-state index contributed by atoms with van der Waals surface area (Å²) >= 11 is 0. The molecule has 0 heterocycles. The van der Waals surface area contributed by atoms with Crippen molar-refractivity contribution >= 4 is 0 Å². The fourth-order valence-corrected chi connectivity index (χ4v) is 1.07. The van der Waals surface area contributed by atoms with Crippen LogP contribution in [-0.2, 0) is 6.42 Å². The average molecular weight is 293 g/mol. The van der Waals surface area contributed by atoms with Gasteiger partial charge in [-0.05, 0) is 26.0 Å². The largest absolute Gasteiger partial charge is 0.412 e. The summed E-state index contributed by atoms with van der Waals surface area (Å²) in [5.41, 5.74) is 1.40. The van der Waals surface area contributed by atoms with E-state index < -0.39 is 0 Å². The standard InChI is InChI=1S/C10H15N.8H2O/c1-9(11-2)8-10-6-4-3-5-7-10;;;;;;;;/h3-7,9,11H,8H2,1-2H3;8*1H2/t9-;;;;;;;;/m0......../s1. The molecule has 0 saturated carbocycles. The normalized spacial score (nSPS) is 7.47. The molecular weight excluding hydrogens is 262 g/mol. The molecule has 0 amide bonds. The lowest BCUT2D eigenvalue weighted by molar-refractivity contribution is 0.608. The Morgan fingerprint density at radius 3 is 1.47 bits per heavy atom. The number of nitrogens with one attached hydrogen (secondary N) is 1. The predicted octanol–water partition coefficient (Wildman–Crippen LogP) is -4.76. The summed E-state index contributed by atoms with van der Waals surface area (Å²) in [6.07, 6.45) is 1.11. The molecule has 1 atom stereocenters. The first-order valence-electron chi connectivity index (χ1n) is 4.04. The lowest BCUT2D eigenvalue weighted by Crippen LogP contribution is -2.23. The van der Waals surface area contributed by atoms with Gasteiger partial charge in [0.15, 0.2) is 0 Å². The summed E-state index contributed by atoms with van der Waals surface area (Å²) < 4.78 is 0. The van der Waals surface area contributed by atoms with Crippen LogP contribution in [0.3, 0.4) is 0 Å². The number of hydrogen-bond acceptors (Lipinski definition) is 1. The van der Waals surface area contributed by atoms with Crippen LogP contribution in [-0.4, -0.2) is 56.9 Å². The van der Waals surface area contributed by atoms with Gasteiger partial charge < -0.3 is 49.1 Å². The molecule has 0 aromatic heterocycles. The lowest BCUT2D eigenvalue weighted by Gasteiger charge is -2.08. The van der Waals surface area contributed by atoms with E-state index in [0.717, 1.165) is 6.42 Å². The van der Waals surface area contributed by atoms with E-state index in [4.69, 9.17) is 0 Å². The highest BCUT2D eigenvalue weighted by atomic mass is 16.0. The first-order valence-corrected chi connectivity index (χ1v) is 4.04. The molecule has 0 aliphatic rings. The van der Waals surface area contributed by atoms with E-state index in [0.29, 0.717) is 6.04 Å². The van der Waals surface area contributed by atoms with Crippen molar-refractivity contribution in [1.29, 1.82) is 0 Å². The fourth-order valence-electron chi connectivity index (χ4n) is 1.07. The number of hydrogen-bond donors (Lipinski definition) is 1. The lowest BCUT2D eigenvalue weighted by atomic mass is 10.1. The minimum atomic E-state index is 0. The smallest absolute Gasteiger partial charge is 0.00761 e. The zero-order chi connectivity index (χ0) is 8.10. The van der Waals surface area contributed by atoms with E-state index in [2.05, 4.69) is 36.5 Å². The van der Waals surface area contributed by atoms with Crippen LogP contribution in [0.2, 0.25) is 0 Å². The molecule has 19 heavy (non-hydrogen) atoms. The first-order chi connectivity index (χ1) is 5.33. The van der Waals surface area contributed by atoms with E-state index in [1.807, 2.05) is 13.1 Å². The van der Waals surface area contributed by atoms with Gasteiger partial charge >= 0.3 is 0 Å². The molecule has 0 bridgehead atoms. The Balaban J connectivity index is -0.0000000252. The Morgan fingerprint density at radius 1 is 0.789 bits per heavy atom. The highest BCUT2D eigenvalue weighted by Gasteiger charge is 1.97. The van der Waals surface area contributed by atoms with Crippen molar-refractivity contribution < 1.29 is 43.8 Å². The Hall–Kier alpha value is -1.14. The summed E-state index contributed by atoms with van der Waals surface area (Å²) in [5, 5.41) is 3.21. The Labute approximate surface area is 112 Å². The molecule has 0 fully saturated rings. The van der Waals surface area contributed by atoms with Crippen molar-refractivity contribution in [2.24, 2.45) is 0 Å². The summed E-state index contributed by atoms with van der Waals surface area (Å²) in [7, 11) is 1.99. The Morgan fingerprint density at radius 2 is 1.16 bits per heavy atom. The number of benzene rings is 1. The maximum Gasteiger partial charge on any atom is 0.00761 e. The van der Waals surface area contributed by atoms with Gasteiger partial charge in [-0.2, -0.15) is 0 Å². The van der Waals surface area contributed by atoms with Crippen LogP contribution in [0.15, 0.2) is 30.3 Å². The van der Waals surface area contributed by atoms with Gasteiger partial charge in [0, 0.05) is 6.04 Å². The van der Waals surface area contributed by atoms with Gasteiger partial charge in [-0.3, -0.25) is 0 Å². The minimum absolute atomic E-state index is 0. The van der Waals surface area contributed by atoms with Crippen LogP contribution in [0, 0.1) is 0 Å². The highest BCUT2D eigenvalue weighted by molar-refractivity contribution is 5.15. The van der Waals surface area contributed by atoms with Crippen molar-refractivity contribution in [2.45, 2.75) is 19.4 Å². The predicted molar refractivity (Wildman–Crippen MR) is 77.6 cm³/mol. The molecule has 1 rings (SSSR count). The molecule has 124 valence electrons. The zero-order valence-electron chi connectivity index (χ0n) is 11.2. The molecule has 0 aliphatic carbocycles. The quantitative estimate of drug-likeness (QED) is 0.564. The van der Waals surface area contributed by atoms with Crippen LogP contribution >= 0.6 is 0 Å². The second kappa shape index (κ2) is 30.2. The van der Waals surface area contributed by atoms with Crippen LogP contribution in [0.5, 0.6) is 0 Å². The maximum absolute atomic E-state index is 3.21. The Kier molecular flexibility index (Phi) is 82.9. The second-order valence-corrected chi connectivity index (χ2v) is 2.88. The molecule has 0 radical (unpaired) electrons. The highest BCUT2D eigenvalue weighted by Crippen LogP contribution is 2.01. The van der Waals surface area contributed by atoms with Crippen molar-refractivity contribution in [2.75, 3.05) is 7.05 Å². The van der Waals surface area contributed by atoms with Gasteiger partial charge in [-0.1, -0.05) is 30.3 Å². The Bertz CT molecular complexity index is 212. The second-order valence-electron chi connectivity index (χ2n) is 2.88. The van der Waals surface area contributed by atoms with E-state index in [-0.39, 0.29) is 43.8 Å². The number of rotatable bonds is 3. The molecule has 0 saturated heterocycles. The van der Waals surface area contributed by atoms with Crippen molar-refractivity contribution in [1.82, 2.24) is 5.32 Å². The third kappa shape index (κ3) is 22.5. The van der Waals surface area contributed by atoms with Gasteiger partial charge in [0.1, 0.15) is 0 Å². The van der Waals surface area contributed by atoms with Crippen LogP contribution in [0.4, 0.5) is 0 Å². The maximum atomic E-state index is 3.21. The van der Waals surface area contributed by atoms with Crippen molar-refractivity contribution in [3.63, 3.8) is 0 Å². The summed E-state index contributed by atoms with van der Waals surface area (Å²) in [4.78, 5) is 0. The van der Waals surface area contributed by atoms with Crippen molar-refractivity contribution in [3.05, 3.63) is 35.9 Å². The zero-order valence-corrected chi connectivity index (χ0v) is 11.2. The van der Waals surface area contributed by atoms with Crippen molar-refractivity contribution in [3.8, 4) is 0 Å². The number of likely N-dealkylation sites (N-methyl/N-ethyl adjacent to an activating group) is 1. The van der Waals surface area contributed by atoms with E-state index in [9.17, 15) is 0 Å². The van der Waals surface area contributed by atoms with Gasteiger partial charge in [0.25, 0.3) is 0 Å². The van der Waals surface area contributed by atoms with Crippen LogP contribution in [0.25, 0.3) is 0 Å². The summed E-state index contributed by atoms with van der Waals surface area (Å²) in [6.45, 7) is 2.19. The molecule has 17 N–H and O–H groups in total. The summed E-state index contributed by atoms with van der Waals surface area (Å²) in [5.74, 6) is 0. The van der Waals surface area contributed by atoms with Crippen LogP contribution in [0.1, 0.15) is 12.5 Å². The fraction of sp³-hybridized carbons (Fsp3) is 0.400. The van der Waals surface area contributed by atoms with E-state index >= 15 is 0 Å². The monoisotopic (exact) mass is 293 g/mol.